The minimum atomic E-state index is 0.0803. The Morgan fingerprint density at radius 2 is 2.06 bits per heavy atom. The lowest BCUT2D eigenvalue weighted by molar-refractivity contribution is 0.179. The van der Waals surface area contributed by atoms with Gasteiger partial charge in [-0.15, -0.1) is 0 Å². The molecular weight excluding hydrogens is 200 g/mol. The fourth-order valence-electron chi connectivity index (χ4n) is 2.10. The average Bonchev–Trinajstić information content (AvgIpc) is 2.55. The standard InChI is InChI=1S/C13H18N2O/c1-13(2,3)12-10(9-16-4)14-15-8-6-5-7-11(12)15/h5-8H,9H2,1-4H3. The van der Waals surface area contributed by atoms with Gasteiger partial charge >= 0.3 is 0 Å². The number of hydrogen-bond donors (Lipinski definition) is 0. The van der Waals surface area contributed by atoms with E-state index in [1.165, 1.54) is 11.1 Å². The Balaban J connectivity index is 2.69. The zero-order valence-corrected chi connectivity index (χ0v) is 10.3. The van der Waals surface area contributed by atoms with Crippen molar-refractivity contribution in [2.24, 2.45) is 0 Å². The smallest absolute Gasteiger partial charge is 0.0929 e. The highest BCUT2D eigenvalue weighted by molar-refractivity contribution is 5.59. The van der Waals surface area contributed by atoms with Gasteiger partial charge in [0.25, 0.3) is 0 Å². The lowest BCUT2D eigenvalue weighted by Gasteiger charge is -2.19. The number of pyridine rings is 1. The summed E-state index contributed by atoms with van der Waals surface area (Å²) in [7, 11) is 1.70. The summed E-state index contributed by atoms with van der Waals surface area (Å²) >= 11 is 0. The van der Waals surface area contributed by atoms with Crippen LogP contribution in [0.1, 0.15) is 32.0 Å². The molecule has 0 fully saturated rings. The Morgan fingerprint density at radius 3 is 2.69 bits per heavy atom. The fourth-order valence-corrected chi connectivity index (χ4v) is 2.10. The summed E-state index contributed by atoms with van der Waals surface area (Å²) in [4.78, 5) is 0. The predicted octanol–water partition coefficient (Wildman–Crippen LogP) is 2.78. The molecule has 0 aliphatic carbocycles. The van der Waals surface area contributed by atoms with E-state index in [2.05, 4.69) is 31.9 Å². The van der Waals surface area contributed by atoms with Gasteiger partial charge in [0, 0.05) is 18.9 Å². The van der Waals surface area contributed by atoms with Crippen molar-refractivity contribution < 1.29 is 4.74 Å². The molecule has 0 radical (unpaired) electrons. The maximum atomic E-state index is 5.22. The third kappa shape index (κ3) is 1.83. The van der Waals surface area contributed by atoms with Crippen LogP contribution in [0.25, 0.3) is 5.52 Å². The van der Waals surface area contributed by atoms with E-state index in [4.69, 9.17) is 4.74 Å². The third-order valence-corrected chi connectivity index (χ3v) is 2.64. The molecule has 3 heteroatoms. The highest BCUT2D eigenvalue weighted by atomic mass is 16.5. The van der Waals surface area contributed by atoms with Crippen LogP contribution >= 0.6 is 0 Å². The molecule has 0 saturated heterocycles. The molecule has 0 saturated carbocycles. The quantitative estimate of drug-likeness (QED) is 0.774. The van der Waals surface area contributed by atoms with Gasteiger partial charge in [0.2, 0.25) is 0 Å². The monoisotopic (exact) mass is 218 g/mol. The summed E-state index contributed by atoms with van der Waals surface area (Å²) in [6.07, 6.45) is 1.98. The first-order valence-corrected chi connectivity index (χ1v) is 5.49. The van der Waals surface area contributed by atoms with Crippen LogP contribution in [0, 0.1) is 0 Å². The number of nitrogens with zero attached hydrogens (tertiary/aromatic N) is 2. The van der Waals surface area contributed by atoms with Crippen molar-refractivity contribution in [2.45, 2.75) is 32.8 Å². The molecule has 0 atom stereocenters. The summed E-state index contributed by atoms with van der Waals surface area (Å²) < 4.78 is 7.14. The lowest BCUT2D eigenvalue weighted by atomic mass is 9.86. The molecule has 2 aromatic rings. The number of hydrogen-bond acceptors (Lipinski definition) is 2. The van der Waals surface area contributed by atoms with Crippen LogP contribution in [0.4, 0.5) is 0 Å². The minimum Gasteiger partial charge on any atom is -0.378 e. The van der Waals surface area contributed by atoms with E-state index in [-0.39, 0.29) is 5.41 Å². The van der Waals surface area contributed by atoms with Crippen molar-refractivity contribution in [1.29, 1.82) is 0 Å². The summed E-state index contributed by atoms with van der Waals surface area (Å²) in [5.41, 5.74) is 3.55. The maximum Gasteiger partial charge on any atom is 0.0929 e. The SMILES string of the molecule is COCc1nn2ccccc2c1C(C)(C)C. The van der Waals surface area contributed by atoms with Crippen molar-refractivity contribution in [3.8, 4) is 0 Å². The van der Waals surface area contributed by atoms with Crippen LogP contribution in [-0.2, 0) is 16.8 Å². The largest absolute Gasteiger partial charge is 0.378 e. The average molecular weight is 218 g/mol. The first kappa shape index (κ1) is 11.1. The molecule has 86 valence electrons. The molecule has 0 aromatic carbocycles. The Hall–Kier alpha value is -1.35. The van der Waals surface area contributed by atoms with E-state index < -0.39 is 0 Å². The van der Waals surface area contributed by atoms with Crippen LogP contribution < -0.4 is 0 Å². The van der Waals surface area contributed by atoms with Gasteiger partial charge in [0.1, 0.15) is 0 Å². The van der Waals surface area contributed by atoms with Crippen LogP contribution in [0.5, 0.6) is 0 Å². The predicted molar refractivity (Wildman–Crippen MR) is 64.6 cm³/mol. The summed E-state index contributed by atoms with van der Waals surface area (Å²) in [5, 5.41) is 4.56. The summed E-state index contributed by atoms with van der Waals surface area (Å²) in [6, 6.07) is 6.14. The van der Waals surface area contributed by atoms with Crippen LogP contribution in [-0.4, -0.2) is 16.7 Å². The molecular formula is C13H18N2O. The number of fused-ring (bicyclic) bond motifs is 1. The third-order valence-electron chi connectivity index (χ3n) is 2.64. The Bertz CT molecular complexity index is 494. The highest BCUT2D eigenvalue weighted by Crippen LogP contribution is 2.30. The number of ether oxygens (including phenoxy) is 1. The van der Waals surface area contributed by atoms with Crippen LogP contribution in [0.15, 0.2) is 24.4 Å². The van der Waals surface area contributed by atoms with Gasteiger partial charge in [-0.25, -0.2) is 4.52 Å². The number of methoxy groups -OCH3 is 1. The van der Waals surface area contributed by atoms with Gasteiger partial charge in [0.15, 0.2) is 0 Å². The van der Waals surface area contributed by atoms with E-state index in [0.29, 0.717) is 6.61 Å². The molecule has 0 spiro atoms. The summed E-state index contributed by atoms with van der Waals surface area (Å²) in [5.74, 6) is 0. The first-order valence-electron chi connectivity index (χ1n) is 5.49. The molecule has 2 heterocycles. The number of aromatic nitrogens is 2. The van der Waals surface area contributed by atoms with Crippen LogP contribution in [0.2, 0.25) is 0 Å². The van der Waals surface area contributed by atoms with Crippen molar-refractivity contribution in [1.82, 2.24) is 9.61 Å². The van der Waals surface area contributed by atoms with Gasteiger partial charge in [-0.2, -0.15) is 5.10 Å². The zero-order chi connectivity index (χ0) is 11.8. The van der Waals surface area contributed by atoms with Gasteiger partial charge in [0.05, 0.1) is 17.8 Å². The molecule has 0 aliphatic rings. The van der Waals surface area contributed by atoms with E-state index >= 15 is 0 Å². The van der Waals surface area contributed by atoms with E-state index in [1.807, 2.05) is 22.8 Å². The minimum absolute atomic E-state index is 0.0803. The van der Waals surface area contributed by atoms with Crippen LogP contribution in [0.3, 0.4) is 0 Å². The van der Waals surface area contributed by atoms with E-state index in [1.54, 1.807) is 7.11 Å². The van der Waals surface area contributed by atoms with Gasteiger partial charge in [-0.05, 0) is 17.5 Å². The Labute approximate surface area is 96.0 Å². The van der Waals surface area contributed by atoms with Gasteiger partial charge in [-0.3, -0.25) is 0 Å². The molecule has 16 heavy (non-hydrogen) atoms. The molecule has 0 aliphatic heterocycles. The molecule has 0 bridgehead atoms. The molecule has 0 N–H and O–H groups in total. The summed E-state index contributed by atoms with van der Waals surface area (Å²) in [6.45, 7) is 7.18. The Kier molecular flexibility index (Phi) is 2.72. The first-order chi connectivity index (χ1) is 7.54. The number of rotatable bonds is 2. The van der Waals surface area contributed by atoms with Crippen molar-refractivity contribution in [3.05, 3.63) is 35.7 Å². The maximum absolute atomic E-state index is 5.22. The van der Waals surface area contributed by atoms with Gasteiger partial charge < -0.3 is 4.74 Å². The van der Waals surface area contributed by atoms with E-state index in [9.17, 15) is 0 Å². The second kappa shape index (κ2) is 3.91. The van der Waals surface area contributed by atoms with Crippen molar-refractivity contribution >= 4 is 5.52 Å². The van der Waals surface area contributed by atoms with E-state index in [0.717, 1.165) is 5.69 Å². The molecule has 2 aromatic heterocycles. The fraction of sp³-hybridized carbons (Fsp3) is 0.462. The lowest BCUT2D eigenvalue weighted by Crippen LogP contribution is -2.13. The molecule has 0 unspecified atom stereocenters. The topological polar surface area (TPSA) is 26.5 Å². The zero-order valence-electron chi connectivity index (χ0n) is 10.3. The van der Waals surface area contributed by atoms with Crippen molar-refractivity contribution in [2.75, 3.05) is 7.11 Å². The molecule has 3 nitrogen and oxygen atoms in total. The second-order valence-corrected chi connectivity index (χ2v) is 5.04. The highest BCUT2D eigenvalue weighted by Gasteiger charge is 2.23. The molecule has 0 amide bonds. The van der Waals surface area contributed by atoms with Gasteiger partial charge in [-0.1, -0.05) is 26.8 Å². The normalized spacial score (nSPS) is 12.2. The second-order valence-electron chi connectivity index (χ2n) is 5.04. The van der Waals surface area contributed by atoms with Crippen molar-refractivity contribution in [3.63, 3.8) is 0 Å². The molecule has 2 rings (SSSR count). The Morgan fingerprint density at radius 1 is 1.31 bits per heavy atom.